The van der Waals surface area contributed by atoms with Gasteiger partial charge in [-0.05, 0) is 38.3 Å². The Balaban J connectivity index is 2.20. The molecule has 0 amide bonds. The third-order valence-corrected chi connectivity index (χ3v) is 2.90. The van der Waals surface area contributed by atoms with E-state index < -0.39 is 0 Å². The van der Waals surface area contributed by atoms with Crippen molar-refractivity contribution in [3.8, 4) is 0 Å². The molecule has 1 aliphatic rings. The fourth-order valence-corrected chi connectivity index (χ4v) is 1.77. The van der Waals surface area contributed by atoms with E-state index in [4.69, 9.17) is 0 Å². The lowest BCUT2D eigenvalue weighted by Crippen LogP contribution is -2.28. The number of hydrogen-bond donors (Lipinski definition) is 1. The van der Waals surface area contributed by atoms with Gasteiger partial charge in [-0.1, -0.05) is 0 Å². The number of nitrogens with zero attached hydrogens (tertiary/aromatic N) is 2. The van der Waals surface area contributed by atoms with Gasteiger partial charge in [0, 0.05) is 25.8 Å². The summed E-state index contributed by atoms with van der Waals surface area (Å²) < 4.78 is 0. The van der Waals surface area contributed by atoms with Gasteiger partial charge in [0.05, 0.1) is 5.69 Å². The van der Waals surface area contributed by atoms with E-state index in [9.17, 15) is 0 Å². The van der Waals surface area contributed by atoms with Crippen molar-refractivity contribution < 1.29 is 0 Å². The van der Waals surface area contributed by atoms with Crippen LogP contribution >= 0.6 is 0 Å². The predicted molar refractivity (Wildman–Crippen MR) is 64.6 cm³/mol. The lowest BCUT2D eigenvalue weighted by atomic mass is 9.93. The number of aryl methyl sites for hydroxylation is 1. The van der Waals surface area contributed by atoms with Crippen LogP contribution in [-0.4, -0.2) is 25.1 Å². The average molecular weight is 205 g/mol. The first-order chi connectivity index (χ1) is 7.16. The smallest absolute Gasteiger partial charge is 0.151 e. The van der Waals surface area contributed by atoms with Crippen LogP contribution in [0.3, 0.4) is 0 Å². The molecule has 0 spiro atoms. The number of rotatable bonds is 3. The van der Waals surface area contributed by atoms with Crippen LogP contribution in [0.4, 0.5) is 11.5 Å². The van der Waals surface area contributed by atoms with E-state index in [-0.39, 0.29) is 0 Å². The van der Waals surface area contributed by atoms with Gasteiger partial charge in [-0.25, -0.2) is 4.98 Å². The summed E-state index contributed by atoms with van der Waals surface area (Å²) in [5, 5.41) is 3.55. The van der Waals surface area contributed by atoms with Gasteiger partial charge in [0.25, 0.3) is 0 Å². The Labute approximate surface area is 91.5 Å². The summed E-state index contributed by atoms with van der Waals surface area (Å²) in [5.74, 6) is 1.04. The fraction of sp³-hybridized carbons (Fsp3) is 0.583. The highest BCUT2D eigenvalue weighted by Gasteiger charge is 2.18. The monoisotopic (exact) mass is 205 g/mol. The lowest BCUT2D eigenvalue weighted by molar-refractivity contribution is 0.445. The van der Waals surface area contributed by atoms with Crippen LogP contribution in [0, 0.1) is 6.92 Å². The first-order valence-electron chi connectivity index (χ1n) is 5.58. The van der Waals surface area contributed by atoms with E-state index in [1.165, 1.54) is 19.3 Å². The Hall–Kier alpha value is -1.25. The molecule has 0 unspecified atom stereocenters. The molecule has 2 rings (SSSR count). The molecule has 0 aliphatic heterocycles. The molecule has 1 saturated carbocycles. The standard InChI is InChI=1S/C12H19N3/c1-9-7-8-11(12(13-9)15(2)3)14-10-5-4-6-10/h7-8,10,14H,4-6H2,1-3H3. The molecule has 1 aromatic heterocycles. The van der Waals surface area contributed by atoms with Crippen molar-refractivity contribution in [1.29, 1.82) is 0 Å². The Morgan fingerprint density at radius 2 is 2.07 bits per heavy atom. The molecule has 0 radical (unpaired) electrons. The van der Waals surface area contributed by atoms with Crippen molar-refractivity contribution in [2.24, 2.45) is 0 Å². The van der Waals surface area contributed by atoms with Crippen molar-refractivity contribution in [2.45, 2.75) is 32.2 Å². The van der Waals surface area contributed by atoms with E-state index in [2.05, 4.69) is 27.3 Å². The van der Waals surface area contributed by atoms with E-state index in [0.717, 1.165) is 17.2 Å². The largest absolute Gasteiger partial charge is 0.379 e. The Morgan fingerprint density at radius 1 is 1.33 bits per heavy atom. The maximum atomic E-state index is 4.55. The van der Waals surface area contributed by atoms with Gasteiger partial charge in [-0.2, -0.15) is 0 Å². The second kappa shape index (κ2) is 4.09. The summed E-state index contributed by atoms with van der Waals surface area (Å²) in [6.45, 7) is 2.03. The summed E-state index contributed by atoms with van der Waals surface area (Å²) in [6, 6.07) is 4.86. The Kier molecular flexibility index (Phi) is 2.80. The Bertz CT molecular complexity index is 343. The maximum Gasteiger partial charge on any atom is 0.151 e. The lowest BCUT2D eigenvalue weighted by Gasteiger charge is -2.29. The van der Waals surface area contributed by atoms with E-state index in [0.29, 0.717) is 6.04 Å². The molecule has 0 atom stereocenters. The van der Waals surface area contributed by atoms with Gasteiger partial charge in [-0.15, -0.1) is 0 Å². The highest BCUT2D eigenvalue weighted by atomic mass is 15.2. The molecule has 1 aliphatic carbocycles. The van der Waals surface area contributed by atoms with Gasteiger partial charge in [-0.3, -0.25) is 0 Å². The minimum atomic E-state index is 0.660. The minimum absolute atomic E-state index is 0.660. The molecule has 1 N–H and O–H groups in total. The molecule has 0 aromatic carbocycles. The van der Waals surface area contributed by atoms with Crippen LogP contribution in [0.2, 0.25) is 0 Å². The number of pyridine rings is 1. The third-order valence-electron chi connectivity index (χ3n) is 2.90. The number of anilines is 2. The van der Waals surface area contributed by atoms with Crippen LogP contribution in [0.25, 0.3) is 0 Å². The molecule has 0 saturated heterocycles. The summed E-state index contributed by atoms with van der Waals surface area (Å²) >= 11 is 0. The van der Waals surface area contributed by atoms with E-state index in [1.54, 1.807) is 0 Å². The summed E-state index contributed by atoms with van der Waals surface area (Å²) in [4.78, 5) is 6.61. The van der Waals surface area contributed by atoms with Crippen molar-refractivity contribution >= 4 is 11.5 Å². The van der Waals surface area contributed by atoms with Gasteiger partial charge < -0.3 is 10.2 Å². The van der Waals surface area contributed by atoms with Crippen LogP contribution in [0.5, 0.6) is 0 Å². The highest BCUT2D eigenvalue weighted by Crippen LogP contribution is 2.28. The molecular weight excluding hydrogens is 186 g/mol. The van der Waals surface area contributed by atoms with E-state index in [1.807, 2.05) is 21.0 Å². The van der Waals surface area contributed by atoms with Crippen LogP contribution in [-0.2, 0) is 0 Å². The maximum absolute atomic E-state index is 4.55. The number of nitrogens with one attached hydrogen (secondary N) is 1. The summed E-state index contributed by atoms with van der Waals surface area (Å²) in [5.41, 5.74) is 2.23. The molecule has 1 aromatic rings. The van der Waals surface area contributed by atoms with Crippen LogP contribution < -0.4 is 10.2 Å². The van der Waals surface area contributed by atoms with Gasteiger partial charge in [0.15, 0.2) is 5.82 Å². The molecule has 0 bridgehead atoms. The molecule has 15 heavy (non-hydrogen) atoms. The zero-order valence-corrected chi connectivity index (χ0v) is 9.75. The predicted octanol–water partition coefficient (Wildman–Crippen LogP) is 2.42. The zero-order chi connectivity index (χ0) is 10.8. The summed E-state index contributed by atoms with van der Waals surface area (Å²) in [7, 11) is 4.07. The third kappa shape index (κ3) is 2.22. The normalized spacial score (nSPS) is 15.9. The van der Waals surface area contributed by atoms with Crippen molar-refractivity contribution in [3.05, 3.63) is 17.8 Å². The highest BCUT2D eigenvalue weighted by molar-refractivity contribution is 5.65. The molecule has 1 heterocycles. The fourth-order valence-electron chi connectivity index (χ4n) is 1.77. The summed E-state index contributed by atoms with van der Waals surface area (Å²) in [6.07, 6.45) is 3.94. The number of aromatic nitrogens is 1. The second-order valence-corrected chi connectivity index (χ2v) is 4.49. The molecule has 1 fully saturated rings. The first-order valence-corrected chi connectivity index (χ1v) is 5.58. The first kappa shape index (κ1) is 10.3. The molecule has 3 heteroatoms. The van der Waals surface area contributed by atoms with Gasteiger partial charge in [0.2, 0.25) is 0 Å². The van der Waals surface area contributed by atoms with Gasteiger partial charge >= 0.3 is 0 Å². The van der Waals surface area contributed by atoms with Crippen LogP contribution in [0.15, 0.2) is 12.1 Å². The van der Waals surface area contributed by atoms with Gasteiger partial charge in [0.1, 0.15) is 0 Å². The SMILES string of the molecule is Cc1ccc(NC2CCC2)c(N(C)C)n1. The minimum Gasteiger partial charge on any atom is -0.379 e. The van der Waals surface area contributed by atoms with Crippen molar-refractivity contribution in [1.82, 2.24) is 4.98 Å². The average Bonchev–Trinajstić information content (AvgIpc) is 2.12. The van der Waals surface area contributed by atoms with Crippen LogP contribution in [0.1, 0.15) is 25.0 Å². The topological polar surface area (TPSA) is 28.2 Å². The van der Waals surface area contributed by atoms with Crippen molar-refractivity contribution in [3.63, 3.8) is 0 Å². The Morgan fingerprint density at radius 3 is 2.60 bits per heavy atom. The molecule has 82 valence electrons. The second-order valence-electron chi connectivity index (χ2n) is 4.49. The molecular formula is C12H19N3. The number of hydrogen-bond acceptors (Lipinski definition) is 3. The zero-order valence-electron chi connectivity index (χ0n) is 9.75. The molecule has 3 nitrogen and oxygen atoms in total. The van der Waals surface area contributed by atoms with Crippen molar-refractivity contribution in [2.75, 3.05) is 24.3 Å². The quantitative estimate of drug-likeness (QED) is 0.821. The van der Waals surface area contributed by atoms with E-state index >= 15 is 0 Å².